The first-order valence-electron chi connectivity index (χ1n) is 4.06. The van der Waals surface area contributed by atoms with Crippen LogP contribution >= 0.6 is 11.8 Å². The molecule has 3 heteroatoms. The highest BCUT2D eigenvalue weighted by Crippen LogP contribution is 2.19. The molecule has 2 atom stereocenters. The third kappa shape index (κ3) is 5.53. The first kappa shape index (κ1) is 11.3. The Morgan fingerprint density at radius 2 is 2.18 bits per heavy atom. The van der Waals surface area contributed by atoms with Crippen molar-refractivity contribution < 1.29 is 5.11 Å². The summed E-state index contributed by atoms with van der Waals surface area (Å²) < 4.78 is 0. The Morgan fingerprint density at radius 1 is 1.64 bits per heavy atom. The van der Waals surface area contributed by atoms with Gasteiger partial charge in [-0.05, 0) is 13.3 Å². The number of nitrogens with two attached hydrogens (primary N) is 1. The largest absolute Gasteiger partial charge is 0.389 e. The van der Waals surface area contributed by atoms with Gasteiger partial charge in [-0.2, -0.15) is 11.8 Å². The average Bonchev–Trinajstić information content (AvgIpc) is 2.00. The van der Waals surface area contributed by atoms with Crippen LogP contribution in [0.1, 0.15) is 27.2 Å². The van der Waals surface area contributed by atoms with Gasteiger partial charge < -0.3 is 10.8 Å². The summed E-state index contributed by atoms with van der Waals surface area (Å²) in [6.45, 7) is 6.62. The molecular formula is C8H19NOS. The molecule has 0 aromatic carbocycles. The number of hydrogen-bond acceptors (Lipinski definition) is 3. The minimum absolute atomic E-state index is 0.452. The Kier molecular flexibility index (Phi) is 5.13. The van der Waals surface area contributed by atoms with Crippen molar-refractivity contribution >= 4 is 11.8 Å². The SMILES string of the molecule is CCC(C)(O)CSC(C)CN. The van der Waals surface area contributed by atoms with Crippen LogP contribution in [0.3, 0.4) is 0 Å². The maximum absolute atomic E-state index is 9.61. The molecule has 3 N–H and O–H groups in total. The summed E-state index contributed by atoms with van der Waals surface area (Å²) in [5.41, 5.74) is 4.92. The molecule has 0 spiro atoms. The minimum Gasteiger partial charge on any atom is -0.389 e. The van der Waals surface area contributed by atoms with Crippen LogP contribution in [0.2, 0.25) is 0 Å². The fourth-order valence-corrected chi connectivity index (χ4v) is 1.48. The van der Waals surface area contributed by atoms with E-state index >= 15 is 0 Å². The van der Waals surface area contributed by atoms with Crippen LogP contribution in [0, 0.1) is 0 Å². The molecule has 2 unspecified atom stereocenters. The summed E-state index contributed by atoms with van der Waals surface area (Å²) in [7, 11) is 0. The van der Waals surface area contributed by atoms with Gasteiger partial charge in [-0.3, -0.25) is 0 Å². The zero-order chi connectivity index (χ0) is 8.91. The van der Waals surface area contributed by atoms with Crippen LogP contribution in [0.4, 0.5) is 0 Å². The van der Waals surface area contributed by atoms with Gasteiger partial charge in [0.1, 0.15) is 0 Å². The van der Waals surface area contributed by atoms with E-state index in [-0.39, 0.29) is 0 Å². The maximum Gasteiger partial charge on any atom is 0.0707 e. The lowest BCUT2D eigenvalue weighted by molar-refractivity contribution is 0.0815. The first-order chi connectivity index (χ1) is 5.02. The number of rotatable bonds is 5. The van der Waals surface area contributed by atoms with Gasteiger partial charge in [-0.25, -0.2) is 0 Å². The van der Waals surface area contributed by atoms with E-state index < -0.39 is 5.60 Å². The molecule has 0 aromatic heterocycles. The predicted molar refractivity (Wildman–Crippen MR) is 51.9 cm³/mol. The van der Waals surface area contributed by atoms with Crippen molar-refractivity contribution in [3.05, 3.63) is 0 Å². The lowest BCUT2D eigenvalue weighted by Gasteiger charge is -2.22. The van der Waals surface area contributed by atoms with Gasteiger partial charge in [0.05, 0.1) is 5.60 Å². The average molecular weight is 177 g/mol. The van der Waals surface area contributed by atoms with Crippen molar-refractivity contribution in [2.45, 2.75) is 38.0 Å². The van der Waals surface area contributed by atoms with Gasteiger partial charge in [0.2, 0.25) is 0 Å². The summed E-state index contributed by atoms with van der Waals surface area (Å²) in [6.07, 6.45) is 0.803. The van der Waals surface area contributed by atoms with Crippen LogP contribution in [0.5, 0.6) is 0 Å². The van der Waals surface area contributed by atoms with Crippen LogP contribution in [-0.4, -0.2) is 28.3 Å². The zero-order valence-corrected chi connectivity index (χ0v) is 8.45. The molecule has 0 aliphatic carbocycles. The summed E-state index contributed by atoms with van der Waals surface area (Å²) >= 11 is 1.73. The molecule has 0 bridgehead atoms. The smallest absolute Gasteiger partial charge is 0.0707 e. The molecule has 0 rings (SSSR count). The molecule has 0 aromatic rings. The van der Waals surface area contributed by atoms with E-state index in [4.69, 9.17) is 5.73 Å². The second kappa shape index (κ2) is 5.01. The quantitative estimate of drug-likeness (QED) is 0.664. The lowest BCUT2D eigenvalue weighted by Crippen LogP contribution is -2.28. The topological polar surface area (TPSA) is 46.2 Å². The second-order valence-electron chi connectivity index (χ2n) is 3.21. The molecule has 0 aliphatic heterocycles. The Labute approximate surface area is 73.6 Å². The first-order valence-corrected chi connectivity index (χ1v) is 5.10. The Balaban J connectivity index is 3.52. The molecule has 2 nitrogen and oxygen atoms in total. The van der Waals surface area contributed by atoms with E-state index in [0.717, 1.165) is 12.2 Å². The summed E-state index contributed by atoms with van der Waals surface area (Å²) in [6, 6.07) is 0. The van der Waals surface area contributed by atoms with E-state index in [2.05, 4.69) is 6.92 Å². The van der Waals surface area contributed by atoms with Crippen LogP contribution in [0.25, 0.3) is 0 Å². The van der Waals surface area contributed by atoms with Gasteiger partial charge in [-0.15, -0.1) is 0 Å². The van der Waals surface area contributed by atoms with Gasteiger partial charge >= 0.3 is 0 Å². The van der Waals surface area contributed by atoms with Crippen LogP contribution in [-0.2, 0) is 0 Å². The number of aliphatic hydroxyl groups is 1. The Morgan fingerprint density at radius 3 is 2.55 bits per heavy atom. The van der Waals surface area contributed by atoms with E-state index in [0.29, 0.717) is 11.8 Å². The van der Waals surface area contributed by atoms with E-state index in [9.17, 15) is 5.11 Å². The van der Waals surface area contributed by atoms with Gasteiger partial charge in [0.15, 0.2) is 0 Å². The zero-order valence-electron chi connectivity index (χ0n) is 7.63. The minimum atomic E-state index is -0.520. The molecule has 68 valence electrons. The van der Waals surface area contributed by atoms with Gasteiger partial charge in [0.25, 0.3) is 0 Å². The highest BCUT2D eigenvalue weighted by molar-refractivity contribution is 7.99. The standard InChI is InChI=1S/C8H19NOS/c1-4-8(3,10)6-11-7(2)5-9/h7,10H,4-6,9H2,1-3H3. The maximum atomic E-state index is 9.61. The van der Waals surface area contributed by atoms with E-state index in [1.54, 1.807) is 11.8 Å². The van der Waals surface area contributed by atoms with Crippen molar-refractivity contribution in [3.8, 4) is 0 Å². The predicted octanol–water partition coefficient (Wildman–Crippen LogP) is 1.23. The van der Waals surface area contributed by atoms with E-state index in [1.807, 2.05) is 13.8 Å². The Bertz CT molecular complexity index is 106. The molecule has 0 aliphatic rings. The summed E-state index contributed by atoms with van der Waals surface area (Å²) in [5.74, 6) is 0.780. The fourth-order valence-electron chi connectivity index (χ4n) is 0.492. The van der Waals surface area contributed by atoms with E-state index in [1.165, 1.54) is 0 Å². The lowest BCUT2D eigenvalue weighted by atomic mass is 10.1. The summed E-state index contributed by atoms with van der Waals surface area (Å²) in [5, 5.41) is 10.1. The number of hydrogen-bond donors (Lipinski definition) is 2. The highest BCUT2D eigenvalue weighted by Gasteiger charge is 2.18. The molecule has 0 fully saturated rings. The van der Waals surface area contributed by atoms with Crippen molar-refractivity contribution in [1.29, 1.82) is 0 Å². The monoisotopic (exact) mass is 177 g/mol. The second-order valence-corrected chi connectivity index (χ2v) is 4.63. The van der Waals surface area contributed by atoms with Crippen molar-refractivity contribution in [1.82, 2.24) is 0 Å². The molecular weight excluding hydrogens is 158 g/mol. The highest BCUT2D eigenvalue weighted by atomic mass is 32.2. The van der Waals surface area contributed by atoms with Crippen molar-refractivity contribution in [3.63, 3.8) is 0 Å². The Hall–Kier alpha value is 0.270. The molecule has 0 saturated heterocycles. The third-order valence-electron chi connectivity index (χ3n) is 1.77. The van der Waals surface area contributed by atoms with Gasteiger partial charge in [0, 0.05) is 17.5 Å². The molecule has 0 saturated carbocycles. The van der Waals surface area contributed by atoms with Crippen LogP contribution in [0.15, 0.2) is 0 Å². The summed E-state index contributed by atoms with van der Waals surface area (Å²) in [4.78, 5) is 0. The molecule has 0 amide bonds. The van der Waals surface area contributed by atoms with Gasteiger partial charge in [-0.1, -0.05) is 13.8 Å². The molecule has 0 radical (unpaired) electrons. The normalized spacial score (nSPS) is 19.4. The van der Waals surface area contributed by atoms with Crippen LogP contribution < -0.4 is 5.73 Å². The van der Waals surface area contributed by atoms with Crippen molar-refractivity contribution in [2.24, 2.45) is 5.73 Å². The fraction of sp³-hybridized carbons (Fsp3) is 1.00. The molecule has 0 heterocycles. The third-order valence-corrected chi connectivity index (χ3v) is 3.32. The molecule has 11 heavy (non-hydrogen) atoms. The van der Waals surface area contributed by atoms with Crippen molar-refractivity contribution in [2.75, 3.05) is 12.3 Å². The number of thioether (sulfide) groups is 1.